The molecule has 0 fully saturated rings. The van der Waals surface area contributed by atoms with Gasteiger partial charge in [-0.15, -0.1) is 0 Å². The third-order valence-corrected chi connectivity index (χ3v) is 3.96. The third kappa shape index (κ3) is 5.11. The molecule has 0 bridgehead atoms. The predicted octanol–water partition coefficient (Wildman–Crippen LogP) is 2.57. The van der Waals surface area contributed by atoms with E-state index in [1.54, 1.807) is 38.0 Å². The van der Waals surface area contributed by atoms with E-state index in [4.69, 9.17) is 9.47 Å². The zero-order valence-electron chi connectivity index (χ0n) is 15.2. The second-order valence-electron chi connectivity index (χ2n) is 5.95. The van der Waals surface area contributed by atoms with Crippen molar-refractivity contribution in [1.82, 2.24) is 20.2 Å². The number of aryl methyl sites for hydroxylation is 2. The number of nitrogens with one attached hydrogen (secondary N) is 2. The smallest absolute Gasteiger partial charge is 0.227 e. The van der Waals surface area contributed by atoms with Crippen LogP contribution in [0.4, 0.5) is 11.6 Å². The van der Waals surface area contributed by atoms with E-state index in [-0.39, 0.29) is 12.4 Å². The van der Waals surface area contributed by atoms with Crippen molar-refractivity contribution in [2.24, 2.45) is 0 Å². The van der Waals surface area contributed by atoms with Crippen LogP contribution in [0.3, 0.4) is 0 Å². The summed E-state index contributed by atoms with van der Waals surface area (Å²) in [5.41, 5.74) is 3.39. The van der Waals surface area contributed by atoms with Gasteiger partial charge in [-0.25, -0.2) is 9.97 Å². The van der Waals surface area contributed by atoms with E-state index in [9.17, 15) is 4.79 Å². The van der Waals surface area contributed by atoms with Gasteiger partial charge in [0.25, 0.3) is 0 Å². The molecule has 2 N–H and O–H groups in total. The molecule has 3 aromatic rings. The van der Waals surface area contributed by atoms with Crippen molar-refractivity contribution in [2.45, 2.75) is 12.8 Å². The van der Waals surface area contributed by atoms with Gasteiger partial charge in [-0.2, -0.15) is 5.10 Å². The number of benzene rings is 1. The lowest BCUT2D eigenvalue weighted by molar-refractivity contribution is 0.0847. The maximum Gasteiger partial charge on any atom is 0.227 e. The Morgan fingerprint density at radius 2 is 1.85 bits per heavy atom. The predicted molar refractivity (Wildman–Crippen MR) is 101 cm³/mol. The van der Waals surface area contributed by atoms with Crippen molar-refractivity contribution in [3.05, 3.63) is 59.7 Å². The molecule has 0 saturated carbocycles. The van der Waals surface area contributed by atoms with Gasteiger partial charge in [0.2, 0.25) is 5.95 Å². The van der Waals surface area contributed by atoms with Crippen molar-refractivity contribution in [3.63, 3.8) is 0 Å². The van der Waals surface area contributed by atoms with Crippen LogP contribution in [0.2, 0.25) is 0 Å². The number of carbonyl (C=O) groups is 1. The van der Waals surface area contributed by atoms with Gasteiger partial charge >= 0.3 is 0 Å². The molecule has 8 heteroatoms. The van der Waals surface area contributed by atoms with Gasteiger partial charge in [0, 0.05) is 31.3 Å². The molecule has 3 rings (SSSR count). The summed E-state index contributed by atoms with van der Waals surface area (Å²) in [5.74, 6) is 1.09. The lowest BCUT2D eigenvalue weighted by Crippen LogP contribution is -2.08. The fourth-order valence-electron chi connectivity index (χ4n) is 2.58. The Morgan fingerprint density at radius 1 is 1.07 bits per heavy atom. The summed E-state index contributed by atoms with van der Waals surface area (Å²) < 4.78 is 10.2. The fourth-order valence-corrected chi connectivity index (χ4v) is 2.58. The summed E-state index contributed by atoms with van der Waals surface area (Å²) in [7, 11) is 3.09. The molecule has 2 heterocycles. The molecule has 140 valence electrons. The largest absolute Gasteiger partial charge is 0.497 e. The van der Waals surface area contributed by atoms with Crippen LogP contribution in [0.15, 0.2) is 43.0 Å². The van der Waals surface area contributed by atoms with E-state index in [2.05, 4.69) is 25.5 Å². The highest BCUT2D eigenvalue weighted by Crippen LogP contribution is 2.19. The number of ketones is 1. The molecule has 0 aliphatic rings. The number of hydrogen-bond donors (Lipinski definition) is 2. The molecule has 8 nitrogen and oxygen atoms in total. The van der Waals surface area contributed by atoms with Gasteiger partial charge in [0.15, 0.2) is 5.78 Å². The van der Waals surface area contributed by atoms with Crippen LogP contribution in [0.1, 0.15) is 21.5 Å². The zero-order chi connectivity index (χ0) is 19.1. The number of aromatic nitrogens is 4. The Bertz CT molecular complexity index is 879. The molecule has 0 aliphatic heterocycles. The molecular formula is C19H21N5O3. The van der Waals surface area contributed by atoms with Crippen LogP contribution in [-0.2, 0) is 17.6 Å². The lowest BCUT2D eigenvalue weighted by Gasteiger charge is -2.09. The van der Waals surface area contributed by atoms with Gasteiger partial charge in [-0.1, -0.05) is 0 Å². The normalized spacial score (nSPS) is 10.6. The molecule has 0 aliphatic carbocycles. The van der Waals surface area contributed by atoms with E-state index in [0.29, 0.717) is 17.3 Å². The minimum absolute atomic E-state index is 0.0472. The van der Waals surface area contributed by atoms with Crippen molar-refractivity contribution < 1.29 is 14.3 Å². The molecular weight excluding hydrogens is 346 g/mol. The van der Waals surface area contributed by atoms with Gasteiger partial charge in [0.1, 0.15) is 12.4 Å². The maximum absolute atomic E-state index is 12.1. The van der Waals surface area contributed by atoms with Gasteiger partial charge in [-0.05, 0) is 42.2 Å². The highest BCUT2D eigenvalue weighted by Gasteiger charge is 2.10. The molecule has 2 aromatic heterocycles. The number of carbonyl (C=O) groups excluding carboxylic acids is 1. The van der Waals surface area contributed by atoms with E-state index in [1.165, 1.54) is 7.11 Å². The molecule has 0 spiro atoms. The number of anilines is 2. The summed E-state index contributed by atoms with van der Waals surface area (Å²) in [6, 6.07) is 5.53. The Hall–Kier alpha value is -3.26. The molecule has 0 atom stereocenters. The number of hydrogen-bond acceptors (Lipinski definition) is 7. The number of H-pyrrole nitrogens is 1. The third-order valence-electron chi connectivity index (χ3n) is 3.96. The standard InChI is InChI=1S/C19H21N5O3/c1-26-12-18(25)15-5-13(6-17(7-15)27-2)3-4-14-8-20-19(21-9-14)24-16-10-22-23-11-16/h5-11H,3-4,12H2,1-2H3,(H,22,23)(H,20,21,24). The fraction of sp³-hybridized carbons (Fsp3) is 0.263. The quantitative estimate of drug-likeness (QED) is 0.560. The van der Waals surface area contributed by atoms with E-state index in [0.717, 1.165) is 29.7 Å². The van der Waals surface area contributed by atoms with Crippen LogP contribution in [0.25, 0.3) is 0 Å². The van der Waals surface area contributed by atoms with Crippen molar-refractivity contribution >= 4 is 17.4 Å². The maximum atomic E-state index is 12.1. The minimum Gasteiger partial charge on any atom is -0.497 e. The summed E-state index contributed by atoms with van der Waals surface area (Å²) in [6.45, 7) is 0.0472. The van der Waals surface area contributed by atoms with Crippen LogP contribution in [-0.4, -0.2) is 46.8 Å². The summed E-state index contributed by atoms with van der Waals surface area (Å²) in [5, 5.41) is 9.63. The second-order valence-corrected chi connectivity index (χ2v) is 5.95. The van der Waals surface area contributed by atoms with Gasteiger partial charge in [0.05, 0.1) is 19.0 Å². The number of rotatable bonds is 9. The van der Waals surface area contributed by atoms with Gasteiger partial charge < -0.3 is 14.8 Å². The molecule has 1 aromatic carbocycles. The first-order valence-electron chi connectivity index (χ1n) is 8.44. The SMILES string of the molecule is COCC(=O)c1cc(CCc2cnc(Nc3cn[nH]c3)nc2)cc(OC)c1. The first kappa shape index (κ1) is 18.5. The van der Waals surface area contributed by atoms with E-state index < -0.39 is 0 Å². The molecule has 0 unspecified atom stereocenters. The highest BCUT2D eigenvalue weighted by atomic mass is 16.5. The summed E-state index contributed by atoms with van der Waals surface area (Å²) >= 11 is 0. The van der Waals surface area contributed by atoms with E-state index in [1.807, 2.05) is 12.1 Å². The topological polar surface area (TPSA) is 102 Å². The average molecular weight is 367 g/mol. The number of aromatic amines is 1. The Balaban J connectivity index is 1.65. The monoisotopic (exact) mass is 367 g/mol. The first-order chi connectivity index (χ1) is 13.2. The number of nitrogens with zero attached hydrogens (tertiary/aromatic N) is 3. The zero-order valence-corrected chi connectivity index (χ0v) is 15.2. The average Bonchev–Trinajstić information content (AvgIpc) is 3.20. The molecule has 27 heavy (non-hydrogen) atoms. The number of ether oxygens (including phenoxy) is 2. The summed E-state index contributed by atoms with van der Waals surface area (Å²) in [4.78, 5) is 20.7. The van der Waals surface area contributed by atoms with Crippen LogP contribution in [0.5, 0.6) is 5.75 Å². The Morgan fingerprint density at radius 3 is 2.52 bits per heavy atom. The van der Waals surface area contributed by atoms with Crippen molar-refractivity contribution in [2.75, 3.05) is 26.1 Å². The first-order valence-corrected chi connectivity index (χ1v) is 8.44. The lowest BCUT2D eigenvalue weighted by atomic mass is 10.0. The Kier molecular flexibility index (Phi) is 6.11. The van der Waals surface area contributed by atoms with E-state index >= 15 is 0 Å². The van der Waals surface area contributed by atoms with Gasteiger partial charge in [-0.3, -0.25) is 9.89 Å². The van der Waals surface area contributed by atoms with Crippen LogP contribution < -0.4 is 10.1 Å². The number of methoxy groups -OCH3 is 2. The second kappa shape index (κ2) is 8.91. The summed E-state index contributed by atoms with van der Waals surface area (Å²) in [6.07, 6.45) is 8.43. The molecule has 0 saturated heterocycles. The van der Waals surface area contributed by atoms with Crippen molar-refractivity contribution in [3.8, 4) is 5.75 Å². The highest BCUT2D eigenvalue weighted by molar-refractivity contribution is 5.97. The number of Topliss-reactive ketones (excluding diaryl/α,β-unsaturated/α-hetero) is 1. The van der Waals surface area contributed by atoms with Crippen LogP contribution >= 0.6 is 0 Å². The molecule has 0 radical (unpaired) electrons. The van der Waals surface area contributed by atoms with Crippen molar-refractivity contribution in [1.29, 1.82) is 0 Å². The molecule has 0 amide bonds. The Labute approximate surface area is 157 Å². The minimum atomic E-state index is -0.0735. The van der Waals surface area contributed by atoms with Crippen LogP contribution in [0, 0.1) is 0 Å².